The van der Waals surface area contributed by atoms with Crippen molar-refractivity contribution in [3.05, 3.63) is 117 Å². The highest BCUT2D eigenvalue weighted by Crippen LogP contribution is 2.25. The van der Waals surface area contributed by atoms with Crippen molar-refractivity contribution >= 4 is 17.6 Å². The van der Waals surface area contributed by atoms with Crippen LogP contribution in [0.2, 0.25) is 5.15 Å². The van der Waals surface area contributed by atoms with Gasteiger partial charge in [0.1, 0.15) is 5.15 Å². The molecule has 1 heterocycles. The molecule has 0 unspecified atom stereocenters. The van der Waals surface area contributed by atoms with Gasteiger partial charge in [0.2, 0.25) is 0 Å². The maximum Gasteiger partial charge on any atom is 0.336 e. The first-order chi connectivity index (χ1) is 17.3. The summed E-state index contributed by atoms with van der Waals surface area (Å²) in [7, 11) is 0. The van der Waals surface area contributed by atoms with Crippen LogP contribution in [-0.2, 0) is 25.9 Å². The van der Waals surface area contributed by atoms with Gasteiger partial charge in [0, 0.05) is 6.54 Å². The molecule has 0 saturated carbocycles. The number of aromatic nitrogens is 2. The molecular formula is C30H31ClN2O3. The third-order valence-corrected chi connectivity index (χ3v) is 6.87. The van der Waals surface area contributed by atoms with E-state index in [4.69, 9.17) is 11.6 Å². The lowest BCUT2D eigenvalue weighted by Crippen LogP contribution is -2.26. The van der Waals surface area contributed by atoms with Gasteiger partial charge in [0.05, 0.1) is 17.8 Å². The highest BCUT2D eigenvalue weighted by atomic mass is 35.5. The normalized spacial score (nSPS) is 11.2. The molecule has 0 spiro atoms. The zero-order valence-electron chi connectivity index (χ0n) is 20.7. The molecule has 6 heteroatoms. The van der Waals surface area contributed by atoms with E-state index < -0.39 is 5.97 Å². The Labute approximate surface area is 216 Å². The molecule has 1 N–H and O–H groups in total. The van der Waals surface area contributed by atoms with Crippen LogP contribution in [0.1, 0.15) is 47.4 Å². The number of aromatic carboxylic acids is 1. The molecule has 0 amide bonds. The standard InChI is InChI=1S/C30H31ClN2O3/c1-21(2)12-17-27-28(31)32(19-18-22-8-4-3-5-9-22)30(36)33(27)20-23-13-15-24(16-14-23)25-10-6-7-11-26(25)29(34)35/h3-11,13-16,21H,12,17-20H2,1-2H3,(H,34,35). The second kappa shape index (κ2) is 11.4. The predicted molar refractivity (Wildman–Crippen MR) is 145 cm³/mol. The van der Waals surface area contributed by atoms with Crippen LogP contribution in [0.4, 0.5) is 0 Å². The van der Waals surface area contributed by atoms with Gasteiger partial charge in [-0.05, 0) is 53.5 Å². The van der Waals surface area contributed by atoms with Crippen molar-refractivity contribution in [3.8, 4) is 11.1 Å². The number of halogens is 1. The Morgan fingerprint density at radius 3 is 2.19 bits per heavy atom. The molecule has 4 rings (SSSR count). The van der Waals surface area contributed by atoms with E-state index in [0.29, 0.717) is 29.7 Å². The van der Waals surface area contributed by atoms with E-state index in [1.807, 2.05) is 48.5 Å². The molecule has 36 heavy (non-hydrogen) atoms. The zero-order valence-corrected chi connectivity index (χ0v) is 21.4. The van der Waals surface area contributed by atoms with Gasteiger partial charge in [0.25, 0.3) is 0 Å². The summed E-state index contributed by atoms with van der Waals surface area (Å²) in [5, 5.41) is 10.0. The molecule has 0 aliphatic carbocycles. The number of aryl methyl sites for hydroxylation is 1. The van der Waals surface area contributed by atoms with Gasteiger partial charge in [-0.25, -0.2) is 9.59 Å². The van der Waals surface area contributed by atoms with Gasteiger partial charge in [-0.2, -0.15) is 0 Å². The Morgan fingerprint density at radius 1 is 0.861 bits per heavy atom. The van der Waals surface area contributed by atoms with Crippen molar-refractivity contribution in [3.63, 3.8) is 0 Å². The molecule has 1 aromatic heterocycles. The fraction of sp³-hybridized carbons (Fsp3) is 0.267. The Morgan fingerprint density at radius 2 is 1.53 bits per heavy atom. The van der Waals surface area contributed by atoms with Crippen LogP contribution >= 0.6 is 11.6 Å². The molecule has 0 aliphatic rings. The number of carbonyl (C=O) groups is 1. The number of rotatable bonds is 10. The van der Waals surface area contributed by atoms with E-state index in [-0.39, 0.29) is 11.3 Å². The monoisotopic (exact) mass is 502 g/mol. The molecule has 0 radical (unpaired) electrons. The highest BCUT2D eigenvalue weighted by Gasteiger charge is 2.19. The van der Waals surface area contributed by atoms with Gasteiger partial charge in [-0.1, -0.05) is 98.2 Å². The van der Waals surface area contributed by atoms with Gasteiger partial charge in [0.15, 0.2) is 0 Å². The van der Waals surface area contributed by atoms with Crippen molar-refractivity contribution < 1.29 is 9.90 Å². The lowest BCUT2D eigenvalue weighted by molar-refractivity contribution is 0.0697. The summed E-state index contributed by atoms with van der Waals surface area (Å²) in [5.41, 5.74) is 4.63. The third kappa shape index (κ3) is 5.80. The lowest BCUT2D eigenvalue weighted by Gasteiger charge is -2.11. The smallest absolute Gasteiger partial charge is 0.336 e. The Balaban J connectivity index is 1.62. The van der Waals surface area contributed by atoms with Gasteiger partial charge in [-0.15, -0.1) is 0 Å². The highest BCUT2D eigenvalue weighted by molar-refractivity contribution is 6.30. The average molecular weight is 503 g/mol. The van der Waals surface area contributed by atoms with Gasteiger partial charge < -0.3 is 5.11 Å². The topological polar surface area (TPSA) is 64.2 Å². The molecule has 3 aromatic carbocycles. The second-order valence-electron chi connectivity index (χ2n) is 9.47. The van der Waals surface area contributed by atoms with Crippen LogP contribution in [-0.4, -0.2) is 20.2 Å². The third-order valence-electron chi connectivity index (χ3n) is 6.45. The summed E-state index contributed by atoms with van der Waals surface area (Å²) in [5.74, 6) is -0.464. The second-order valence-corrected chi connectivity index (χ2v) is 9.83. The van der Waals surface area contributed by atoms with Gasteiger partial charge in [-0.3, -0.25) is 9.13 Å². The molecule has 0 bridgehead atoms. The molecule has 0 saturated heterocycles. The minimum Gasteiger partial charge on any atom is -0.478 e. The SMILES string of the molecule is CC(C)CCc1c(Cl)n(CCc2ccccc2)c(=O)n1Cc1ccc(-c2ccccc2C(=O)O)cc1. The van der Waals surface area contributed by atoms with E-state index in [9.17, 15) is 14.7 Å². The van der Waals surface area contributed by atoms with E-state index in [1.165, 1.54) is 0 Å². The summed E-state index contributed by atoms with van der Waals surface area (Å²) in [6, 6.07) is 24.8. The van der Waals surface area contributed by atoms with Crippen molar-refractivity contribution in [2.24, 2.45) is 5.92 Å². The largest absolute Gasteiger partial charge is 0.478 e. The van der Waals surface area contributed by atoms with Crippen molar-refractivity contribution in [2.45, 2.75) is 46.2 Å². The van der Waals surface area contributed by atoms with Crippen LogP contribution in [0.3, 0.4) is 0 Å². The number of nitrogens with zero attached hydrogens (tertiary/aromatic N) is 2. The Hall–Kier alpha value is -3.57. The molecule has 186 valence electrons. The van der Waals surface area contributed by atoms with Crippen molar-refractivity contribution in [1.29, 1.82) is 0 Å². The van der Waals surface area contributed by atoms with Crippen LogP contribution < -0.4 is 5.69 Å². The molecule has 0 atom stereocenters. The fourth-order valence-corrected chi connectivity index (χ4v) is 4.77. The summed E-state index contributed by atoms with van der Waals surface area (Å²) < 4.78 is 3.47. The van der Waals surface area contributed by atoms with E-state index in [0.717, 1.165) is 41.6 Å². The number of benzene rings is 3. The maximum absolute atomic E-state index is 13.5. The summed E-state index contributed by atoms with van der Waals surface area (Å²) >= 11 is 6.79. The van der Waals surface area contributed by atoms with Crippen LogP contribution in [0.5, 0.6) is 0 Å². The van der Waals surface area contributed by atoms with Crippen molar-refractivity contribution in [2.75, 3.05) is 0 Å². The first-order valence-corrected chi connectivity index (χ1v) is 12.7. The van der Waals surface area contributed by atoms with Crippen LogP contribution in [0.15, 0.2) is 83.7 Å². The molecule has 4 aromatic rings. The quantitative estimate of drug-likeness (QED) is 0.267. The zero-order chi connectivity index (χ0) is 25.7. The summed E-state index contributed by atoms with van der Waals surface area (Å²) in [6.07, 6.45) is 2.40. The number of hydrogen-bond donors (Lipinski definition) is 1. The van der Waals surface area contributed by atoms with Gasteiger partial charge >= 0.3 is 11.7 Å². The fourth-order valence-electron chi connectivity index (χ4n) is 4.41. The minimum absolute atomic E-state index is 0.102. The van der Waals surface area contributed by atoms with E-state index in [1.54, 1.807) is 27.3 Å². The van der Waals surface area contributed by atoms with Crippen LogP contribution in [0.25, 0.3) is 11.1 Å². The first-order valence-electron chi connectivity index (χ1n) is 12.3. The molecule has 0 aliphatic heterocycles. The predicted octanol–water partition coefficient (Wildman–Crippen LogP) is 6.55. The number of hydrogen-bond acceptors (Lipinski definition) is 2. The summed E-state index contributed by atoms with van der Waals surface area (Å²) in [4.78, 5) is 25.1. The number of carboxylic acids is 1. The average Bonchev–Trinajstić information content (AvgIpc) is 3.10. The molecule has 0 fully saturated rings. The van der Waals surface area contributed by atoms with E-state index >= 15 is 0 Å². The number of imidazole rings is 1. The molecular weight excluding hydrogens is 472 g/mol. The summed E-state index contributed by atoms with van der Waals surface area (Å²) in [6.45, 7) is 5.26. The number of carboxylic acid groups (broad SMARTS) is 1. The van der Waals surface area contributed by atoms with Crippen molar-refractivity contribution in [1.82, 2.24) is 9.13 Å². The molecule has 5 nitrogen and oxygen atoms in total. The Bertz CT molecular complexity index is 1390. The first kappa shape index (κ1) is 25.5. The van der Waals surface area contributed by atoms with E-state index in [2.05, 4.69) is 26.0 Å². The van der Waals surface area contributed by atoms with Crippen LogP contribution in [0, 0.1) is 5.92 Å². The maximum atomic E-state index is 13.5. The minimum atomic E-state index is -0.956. The Kier molecular flexibility index (Phi) is 8.11. The lowest BCUT2D eigenvalue weighted by atomic mass is 9.98.